The second-order valence-electron chi connectivity index (χ2n) is 7.95. The number of halogens is 1. The predicted octanol–water partition coefficient (Wildman–Crippen LogP) is 5.13. The molecule has 0 bridgehead atoms. The third-order valence-electron chi connectivity index (χ3n) is 5.54. The van der Waals surface area contributed by atoms with E-state index in [0.29, 0.717) is 13.0 Å². The van der Waals surface area contributed by atoms with Crippen molar-refractivity contribution in [3.8, 4) is 0 Å². The van der Waals surface area contributed by atoms with E-state index in [4.69, 9.17) is 16.2 Å². The first-order chi connectivity index (χ1) is 13.1. The lowest BCUT2D eigenvalue weighted by Gasteiger charge is -2.17. The number of para-hydroxylation sites is 1. The molecule has 0 amide bonds. The van der Waals surface area contributed by atoms with Gasteiger partial charge in [0, 0.05) is 29.2 Å². The highest BCUT2D eigenvalue weighted by Crippen LogP contribution is 2.40. The summed E-state index contributed by atoms with van der Waals surface area (Å²) in [5.74, 6) is -0.250. The molecule has 0 fully saturated rings. The van der Waals surface area contributed by atoms with Crippen molar-refractivity contribution in [3.63, 3.8) is 0 Å². The summed E-state index contributed by atoms with van der Waals surface area (Å²) in [7, 11) is -3.97. The lowest BCUT2D eigenvalue weighted by molar-refractivity contribution is -0.437. The first-order valence-corrected chi connectivity index (χ1v) is 11.5. The van der Waals surface area contributed by atoms with Crippen molar-refractivity contribution in [2.45, 2.75) is 44.9 Å². The predicted molar refractivity (Wildman–Crippen MR) is 115 cm³/mol. The second kappa shape index (κ2) is 7.97. The van der Waals surface area contributed by atoms with E-state index >= 15 is 0 Å². The zero-order valence-electron chi connectivity index (χ0n) is 16.4. The van der Waals surface area contributed by atoms with Gasteiger partial charge in [-0.3, -0.25) is 4.55 Å². The molecule has 3 rings (SSSR count). The van der Waals surface area contributed by atoms with Gasteiger partial charge in [0.25, 0.3) is 10.1 Å². The molecule has 0 aromatic heterocycles. The Balaban J connectivity index is 2.00. The zero-order valence-corrected chi connectivity index (χ0v) is 18.0. The van der Waals surface area contributed by atoms with Crippen LogP contribution < -0.4 is 0 Å². The van der Waals surface area contributed by atoms with Crippen molar-refractivity contribution >= 4 is 33.1 Å². The fourth-order valence-corrected chi connectivity index (χ4v) is 4.81. The highest BCUT2D eigenvalue weighted by molar-refractivity contribution is 7.85. The van der Waals surface area contributed by atoms with Gasteiger partial charge < -0.3 is 0 Å². The summed E-state index contributed by atoms with van der Waals surface area (Å²) in [4.78, 5) is 0. The molecule has 1 aromatic carbocycles. The van der Waals surface area contributed by atoms with Gasteiger partial charge in [-0.05, 0) is 44.3 Å². The van der Waals surface area contributed by atoms with Crippen LogP contribution in [0.2, 0.25) is 0 Å². The Morgan fingerprint density at radius 2 is 1.96 bits per heavy atom. The average molecular weight is 421 g/mol. The molecule has 2 aliphatic rings. The fraction of sp³-hybridized carbons (Fsp3) is 0.409. The molecule has 0 saturated carbocycles. The molecule has 1 N–H and O–H groups in total. The topological polar surface area (TPSA) is 57.4 Å². The number of hydrogen-bond donors (Lipinski definition) is 1. The molecule has 4 nitrogen and oxygen atoms in total. The Morgan fingerprint density at radius 3 is 2.68 bits per heavy atom. The molecule has 1 heterocycles. The van der Waals surface area contributed by atoms with Gasteiger partial charge in [0.05, 0.1) is 11.2 Å². The Bertz CT molecular complexity index is 1000. The Labute approximate surface area is 172 Å². The van der Waals surface area contributed by atoms with Gasteiger partial charge in [-0.1, -0.05) is 42.5 Å². The lowest BCUT2D eigenvalue weighted by Crippen LogP contribution is -2.28. The number of allylic oxidation sites excluding steroid dienone is 5. The van der Waals surface area contributed by atoms with Crippen LogP contribution in [0.5, 0.6) is 0 Å². The van der Waals surface area contributed by atoms with Crippen LogP contribution >= 0.6 is 11.6 Å². The maximum atomic E-state index is 11.1. The Hall–Kier alpha value is -1.69. The molecule has 1 aliphatic carbocycles. The van der Waals surface area contributed by atoms with Gasteiger partial charge in [-0.15, -0.1) is 0 Å². The van der Waals surface area contributed by atoms with Crippen molar-refractivity contribution in [1.29, 1.82) is 0 Å². The molecule has 0 saturated heterocycles. The molecule has 28 heavy (non-hydrogen) atoms. The van der Waals surface area contributed by atoms with Gasteiger partial charge in [0.15, 0.2) is 5.71 Å². The molecule has 0 spiro atoms. The van der Waals surface area contributed by atoms with Crippen molar-refractivity contribution in [2.75, 3.05) is 12.3 Å². The van der Waals surface area contributed by atoms with Gasteiger partial charge in [-0.2, -0.15) is 13.0 Å². The van der Waals surface area contributed by atoms with Gasteiger partial charge in [-0.25, -0.2) is 0 Å². The van der Waals surface area contributed by atoms with Crippen LogP contribution in [0.4, 0.5) is 5.69 Å². The first kappa shape index (κ1) is 21.0. The summed E-state index contributed by atoms with van der Waals surface area (Å²) < 4.78 is 33.5. The molecular formula is C22H27ClNO3S+. The maximum absolute atomic E-state index is 11.1. The zero-order chi connectivity index (χ0) is 20.5. The minimum absolute atomic E-state index is 0.218. The average Bonchev–Trinajstić information content (AvgIpc) is 2.83. The number of nitrogens with zero attached hydrogens (tertiary/aromatic N) is 1. The largest absolute Gasteiger partial charge is 0.286 e. The van der Waals surface area contributed by atoms with E-state index in [1.54, 1.807) is 0 Å². The Morgan fingerprint density at radius 1 is 1.25 bits per heavy atom. The van der Waals surface area contributed by atoms with Crippen molar-refractivity contribution in [2.24, 2.45) is 0 Å². The molecule has 0 radical (unpaired) electrons. The minimum atomic E-state index is -3.97. The summed E-state index contributed by atoms with van der Waals surface area (Å²) >= 11 is 6.46. The van der Waals surface area contributed by atoms with E-state index in [1.807, 2.05) is 12.1 Å². The van der Waals surface area contributed by atoms with Crippen LogP contribution in [0.25, 0.3) is 0 Å². The third kappa shape index (κ3) is 4.32. The minimum Gasteiger partial charge on any atom is -0.286 e. The molecule has 6 heteroatoms. The molecule has 1 aliphatic heterocycles. The molecule has 0 unspecified atom stereocenters. The standard InChI is InChI=1S/C22H26ClNO3S/c1-16-8-6-9-17(21(16)23)12-13-20-22(2,3)18-10-4-5-11-19(18)24(20)14-7-15-28(25,26)27/h4-5,10-13H,1,6-9,14-15H2,2-3H3/p+1/b13-12+. The summed E-state index contributed by atoms with van der Waals surface area (Å²) in [6.07, 6.45) is 7.44. The third-order valence-corrected chi connectivity index (χ3v) is 6.86. The van der Waals surface area contributed by atoms with Gasteiger partial charge >= 0.3 is 0 Å². The smallest absolute Gasteiger partial charge is 0.265 e. The Kier molecular flexibility index (Phi) is 5.99. The highest BCUT2D eigenvalue weighted by atomic mass is 35.5. The van der Waals surface area contributed by atoms with Crippen molar-refractivity contribution in [3.05, 3.63) is 64.7 Å². The number of hydrogen-bond acceptors (Lipinski definition) is 2. The van der Waals surface area contributed by atoms with Crippen molar-refractivity contribution < 1.29 is 17.5 Å². The van der Waals surface area contributed by atoms with E-state index in [2.05, 4.69) is 49.3 Å². The van der Waals surface area contributed by atoms with E-state index in [9.17, 15) is 8.42 Å². The number of fused-ring (bicyclic) bond motifs is 1. The van der Waals surface area contributed by atoms with Crippen LogP contribution in [0.3, 0.4) is 0 Å². The molecule has 0 atom stereocenters. The molecule has 1 aromatic rings. The van der Waals surface area contributed by atoms with Gasteiger partial charge in [0.2, 0.25) is 5.69 Å². The van der Waals surface area contributed by atoms with Gasteiger partial charge in [0.1, 0.15) is 6.54 Å². The van der Waals surface area contributed by atoms with Crippen LogP contribution in [0, 0.1) is 0 Å². The van der Waals surface area contributed by atoms with Crippen LogP contribution in [-0.2, 0) is 15.5 Å². The summed E-state index contributed by atoms with van der Waals surface area (Å²) in [6, 6.07) is 8.18. The van der Waals surface area contributed by atoms with Crippen LogP contribution in [-0.4, -0.2) is 35.6 Å². The van der Waals surface area contributed by atoms with E-state index in [-0.39, 0.29) is 11.2 Å². The quantitative estimate of drug-likeness (QED) is 0.512. The number of benzene rings is 1. The van der Waals surface area contributed by atoms with E-state index < -0.39 is 10.1 Å². The monoisotopic (exact) mass is 420 g/mol. The summed E-state index contributed by atoms with van der Waals surface area (Å²) in [6.45, 7) is 8.90. The molecular weight excluding hydrogens is 394 g/mol. The van der Waals surface area contributed by atoms with Crippen molar-refractivity contribution in [1.82, 2.24) is 0 Å². The van der Waals surface area contributed by atoms with Crippen LogP contribution in [0.15, 0.2) is 59.2 Å². The number of rotatable bonds is 6. The normalized spacial score (nSPS) is 19.6. The van der Waals surface area contributed by atoms with E-state index in [1.165, 1.54) is 5.56 Å². The first-order valence-electron chi connectivity index (χ1n) is 9.56. The summed E-state index contributed by atoms with van der Waals surface area (Å²) in [5, 5.41) is 0.759. The fourth-order valence-electron chi connectivity index (χ4n) is 4.06. The second-order valence-corrected chi connectivity index (χ2v) is 9.90. The van der Waals surface area contributed by atoms with Crippen LogP contribution in [0.1, 0.15) is 45.1 Å². The van der Waals surface area contributed by atoms with E-state index in [0.717, 1.165) is 46.8 Å². The lowest BCUT2D eigenvalue weighted by atomic mass is 9.81. The SMILES string of the molecule is C=C1CCCC(/C=C/C2=[N+](CCCS(=O)(=O)O)c3ccccc3C2(C)C)=C1Cl. The molecule has 150 valence electrons. The summed E-state index contributed by atoms with van der Waals surface area (Å²) in [5.41, 5.74) is 5.23. The maximum Gasteiger partial charge on any atom is 0.265 e. The highest BCUT2D eigenvalue weighted by Gasteiger charge is 2.43.